The van der Waals surface area contributed by atoms with E-state index in [-0.39, 0.29) is 5.56 Å². The molecule has 2 aromatic rings. The zero-order valence-corrected chi connectivity index (χ0v) is 12.9. The van der Waals surface area contributed by atoms with Crippen molar-refractivity contribution in [1.29, 1.82) is 0 Å². The van der Waals surface area contributed by atoms with E-state index in [1.807, 2.05) is 0 Å². The Bertz CT molecular complexity index is 638. The van der Waals surface area contributed by atoms with E-state index in [1.165, 1.54) is 10.2 Å². The predicted octanol–water partition coefficient (Wildman–Crippen LogP) is 2.95. The van der Waals surface area contributed by atoms with Gasteiger partial charge in [0.2, 0.25) is 0 Å². The summed E-state index contributed by atoms with van der Waals surface area (Å²) in [6, 6.07) is 2.52. The van der Waals surface area contributed by atoms with Gasteiger partial charge in [-0.3, -0.25) is 4.79 Å². The fourth-order valence-electron chi connectivity index (χ4n) is 2.57. The van der Waals surface area contributed by atoms with Gasteiger partial charge in [-0.25, -0.2) is 4.68 Å². The molecule has 0 N–H and O–H groups in total. The van der Waals surface area contributed by atoms with E-state index in [4.69, 9.17) is 0 Å². The van der Waals surface area contributed by atoms with Crippen molar-refractivity contribution in [3.8, 4) is 0 Å². The van der Waals surface area contributed by atoms with E-state index in [0.717, 1.165) is 25.1 Å². The van der Waals surface area contributed by atoms with Crippen LogP contribution in [0.4, 0.5) is 5.69 Å². The summed E-state index contributed by atoms with van der Waals surface area (Å²) in [5.74, 6) is 0. The Morgan fingerprint density at radius 2 is 2.37 bits per heavy atom. The van der Waals surface area contributed by atoms with E-state index in [1.54, 1.807) is 24.6 Å². The van der Waals surface area contributed by atoms with Gasteiger partial charge in [0.15, 0.2) is 0 Å². The van der Waals surface area contributed by atoms with E-state index in [9.17, 15) is 4.79 Å². The third-order valence-corrected chi connectivity index (χ3v) is 5.00. The highest BCUT2D eigenvalue weighted by atomic mass is 79.9. The highest BCUT2D eigenvalue weighted by Gasteiger charge is 2.28. The van der Waals surface area contributed by atoms with Gasteiger partial charge in [0.1, 0.15) is 4.47 Å². The maximum atomic E-state index is 12.0. The summed E-state index contributed by atoms with van der Waals surface area (Å²) >= 11 is 5.13. The van der Waals surface area contributed by atoms with Crippen LogP contribution in [0.3, 0.4) is 0 Å². The lowest BCUT2D eigenvalue weighted by molar-refractivity contribution is 0.681. The Hall–Kier alpha value is -1.14. The molecule has 0 amide bonds. The third kappa shape index (κ3) is 2.23. The van der Waals surface area contributed by atoms with Crippen molar-refractivity contribution in [3.05, 3.63) is 43.4 Å². The first-order valence-corrected chi connectivity index (χ1v) is 7.92. The van der Waals surface area contributed by atoms with Crippen molar-refractivity contribution in [3.63, 3.8) is 0 Å². The van der Waals surface area contributed by atoms with Crippen LogP contribution in [0.5, 0.6) is 0 Å². The minimum atomic E-state index is -0.0894. The van der Waals surface area contributed by atoms with Crippen LogP contribution in [0.15, 0.2) is 32.3 Å². The molecule has 3 heterocycles. The molecule has 0 saturated carbocycles. The van der Waals surface area contributed by atoms with Gasteiger partial charge < -0.3 is 4.90 Å². The molecule has 1 atom stereocenters. The fraction of sp³-hybridized carbons (Fsp3) is 0.385. The molecule has 6 heteroatoms. The molecule has 0 aliphatic carbocycles. The van der Waals surface area contributed by atoms with Crippen molar-refractivity contribution >= 4 is 33.0 Å². The summed E-state index contributed by atoms with van der Waals surface area (Å²) in [6.45, 7) is 0.966. The van der Waals surface area contributed by atoms with E-state index in [0.29, 0.717) is 10.5 Å². The molecule has 100 valence electrons. The number of halogens is 1. The summed E-state index contributed by atoms with van der Waals surface area (Å²) in [5, 5.41) is 8.42. The smallest absolute Gasteiger partial charge is 0.282 e. The van der Waals surface area contributed by atoms with Crippen LogP contribution < -0.4 is 10.5 Å². The second-order valence-corrected chi connectivity index (χ2v) is 6.25. The van der Waals surface area contributed by atoms with Crippen LogP contribution >= 0.6 is 27.3 Å². The Morgan fingerprint density at radius 3 is 3.11 bits per heavy atom. The molecule has 3 rings (SSSR count). The van der Waals surface area contributed by atoms with Gasteiger partial charge in [-0.1, -0.05) is 0 Å². The molecule has 0 radical (unpaired) electrons. The molecule has 0 spiro atoms. The van der Waals surface area contributed by atoms with Crippen LogP contribution in [0, 0.1) is 0 Å². The van der Waals surface area contributed by atoms with Gasteiger partial charge >= 0.3 is 0 Å². The van der Waals surface area contributed by atoms with E-state index in [2.05, 4.69) is 42.8 Å². The van der Waals surface area contributed by atoms with Crippen molar-refractivity contribution in [1.82, 2.24) is 9.78 Å². The molecular weight excluding hydrogens is 326 g/mol. The van der Waals surface area contributed by atoms with Crippen molar-refractivity contribution in [2.24, 2.45) is 7.05 Å². The molecule has 2 aromatic heterocycles. The second kappa shape index (κ2) is 5.09. The minimum absolute atomic E-state index is 0.0894. The normalized spacial score (nSPS) is 19.1. The van der Waals surface area contributed by atoms with Gasteiger partial charge in [0.25, 0.3) is 5.56 Å². The van der Waals surface area contributed by atoms with E-state index < -0.39 is 0 Å². The van der Waals surface area contributed by atoms with Crippen LogP contribution in [0.1, 0.15) is 24.4 Å². The Morgan fingerprint density at radius 1 is 1.53 bits per heavy atom. The highest BCUT2D eigenvalue weighted by Crippen LogP contribution is 2.38. The largest absolute Gasteiger partial charge is 0.362 e. The zero-order chi connectivity index (χ0) is 13.4. The lowest BCUT2D eigenvalue weighted by Crippen LogP contribution is -2.28. The van der Waals surface area contributed by atoms with Crippen LogP contribution in [0.2, 0.25) is 0 Å². The molecule has 0 aromatic carbocycles. The number of hydrogen-bond donors (Lipinski definition) is 0. The van der Waals surface area contributed by atoms with Crippen molar-refractivity contribution in [2.45, 2.75) is 18.9 Å². The highest BCUT2D eigenvalue weighted by molar-refractivity contribution is 9.10. The first-order chi connectivity index (χ1) is 9.18. The molecule has 4 nitrogen and oxygen atoms in total. The molecule has 19 heavy (non-hydrogen) atoms. The molecule has 0 unspecified atom stereocenters. The molecule has 1 aliphatic rings. The number of aryl methyl sites for hydroxylation is 1. The van der Waals surface area contributed by atoms with Crippen molar-refractivity contribution in [2.75, 3.05) is 11.4 Å². The third-order valence-electron chi connectivity index (χ3n) is 3.55. The second-order valence-electron chi connectivity index (χ2n) is 4.68. The van der Waals surface area contributed by atoms with Gasteiger partial charge in [0.05, 0.1) is 17.9 Å². The maximum Gasteiger partial charge on any atom is 0.282 e. The SMILES string of the molecule is Cn1ncc(N2CCC[C@@H]2c2ccsc2)c(Br)c1=O. The van der Waals surface area contributed by atoms with E-state index >= 15 is 0 Å². The quantitative estimate of drug-likeness (QED) is 0.844. The number of nitrogens with zero attached hydrogens (tertiary/aromatic N) is 3. The number of thiophene rings is 1. The maximum absolute atomic E-state index is 12.0. The summed E-state index contributed by atoms with van der Waals surface area (Å²) in [5.41, 5.74) is 2.14. The van der Waals surface area contributed by atoms with Gasteiger partial charge in [0, 0.05) is 13.6 Å². The lowest BCUT2D eigenvalue weighted by atomic mass is 10.1. The summed E-state index contributed by atoms with van der Waals surface area (Å²) in [7, 11) is 1.66. The predicted molar refractivity (Wildman–Crippen MR) is 80.8 cm³/mol. The fourth-order valence-corrected chi connectivity index (χ4v) is 3.86. The number of rotatable bonds is 2. The topological polar surface area (TPSA) is 38.1 Å². The molecule has 1 aliphatic heterocycles. The first-order valence-electron chi connectivity index (χ1n) is 6.19. The molecular formula is C13H14BrN3OS. The number of aromatic nitrogens is 2. The Kier molecular flexibility index (Phi) is 3.45. The van der Waals surface area contributed by atoms with Crippen LogP contribution in [-0.4, -0.2) is 16.3 Å². The number of hydrogen-bond acceptors (Lipinski definition) is 4. The van der Waals surface area contributed by atoms with Crippen LogP contribution in [0.25, 0.3) is 0 Å². The standard InChI is InChI=1S/C13H14BrN3OS/c1-16-13(18)12(14)11(7-15-16)17-5-2-3-10(17)9-4-6-19-8-9/h4,6-8,10H,2-3,5H2,1H3/t10-/m1/s1. The average molecular weight is 340 g/mol. The minimum Gasteiger partial charge on any atom is -0.362 e. The monoisotopic (exact) mass is 339 g/mol. The van der Waals surface area contributed by atoms with Gasteiger partial charge in [-0.2, -0.15) is 16.4 Å². The Labute approximate surface area is 123 Å². The lowest BCUT2D eigenvalue weighted by Gasteiger charge is -2.26. The summed E-state index contributed by atoms with van der Waals surface area (Å²) in [4.78, 5) is 14.2. The summed E-state index contributed by atoms with van der Waals surface area (Å²) in [6.07, 6.45) is 4.04. The molecule has 1 saturated heterocycles. The van der Waals surface area contributed by atoms with Gasteiger partial charge in [-0.15, -0.1) is 0 Å². The van der Waals surface area contributed by atoms with Gasteiger partial charge in [-0.05, 0) is 51.2 Å². The van der Waals surface area contributed by atoms with Crippen molar-refractivity contribution < 1.29 is 0 Å². The Balaban J connectivity index is 2.02. The molecule has 1 fully saturated rings. The average Bonchev–Trinajstić information content (AvgIpc) is 3.05. The molecule has 0 bridgehead atoms. The summed E-state index contributed by atoms with van der Waals surface area (Å²) < 4.78 is 1.95. The zero-order valence-electron chi connectivity index (χ0n) is 10.5. The first kappa shape index (κ1) is 12.9. The van der Waals surface area contributed by atoms with Crippen LogP contribution in [-0.2, 0) is 7.05 Å². The number of anilines is 1.